The van der Waals surface area contributed by atoms with E-state index in [0.29, 0.717) is 17.9 Å². The molecule has 0 saturated heterocycles. The number of thioether (sulfide) groups is 1. The lowest BCUT2D eigenvalue weighted by molar-refractivity contribution is 0.559. The summed E-state index contributed by atoms with van der Waals surface area (Å²) in [6, 6.07) is 5.82. The van der Waals surface area contributed by atoms with Gasteiger partial charge in [-0.05, 0) is 86.3 Å². The number of thiophene rings is 1. The van der Waals surface area contributed by atoms with Gasteiger partial charge in [-0.2, -0.15) is 0 Å². The van der Waals surface area contributed by atoms with Crippen molar-refractivity contribution in [3.05, 3.63) is 66.1 Å². The third-order valence-electron chi connectivity index (χ3n) is 6.76. The van der Waals surface area contributed by atoms with Crippen molar-refractivity contribution >= 4 is 44.3 Å². The lowest BCUT2D eigenvalue weighted by Crippen LogP contribution is -2.23. The quantitative estimate of drug-likeness (QED) is 0.235. The molecule has 0 aliphatic heterocycles. The molecule has 0 radical (unpaired) electrons. The molecule has 1 aromatic carbocycles. The van der Waals surface area contributed by atoms with Crippen LogP contribution in [-0.4, -0.2) is 9.55 Å². The summed E-state index contributed by atoms with van der Waals surface area (Å²) in [5.41, 5.74) is 5.23. The van der Waals surface area contributed by atoms with Gasteiger partial charge in [0.1, 0.15) is 10.4 Å². The summed E-state index contributed by atoms with van der Waals surface area (Å²) in [4.78, 5) is 32.7. The van der Waals surface area contributed by atoms with Gasteiger partial charge in [0.25, 0.3) is 5.56 Å². The Balaban J connectivity index is 1.42. The van der Waals surface area contributed by atoms with E-state index in [1.165, 1.54) is 39.8 Å². The van der Waals surface area contributed by atoms with Gasteiger partial charge in [0.05, 0.1) is 5.39 Å². The van der Waals surface area contributed by atoms with Gasteiger partial charge in [-0.25, -0.2) is 9.78 Å². The molecule has 4 aromatic rings. The maximum atomic E-state index is 13.4. The van der Waals surface area contributed by atoms with Crippen LogP contribution in [0.15, 0.2) is 37.4 Å². The number of nitrogens with zero attached hydrogens (tertiary/aromatic N) is 2. The van der Waals surface area contributed by atoms with Crippen molar-refractivity contribution < 1.29 is 4.42 Å². The summed E-state index contributed by atoms with van der Waals surface area (Å²) in [6.07, 6.45) is 7.65. The number of hydrogen-bond acceptors (Lipinski definition) is 6. The van der Waals surface area contributed by atoms with E-state index < -0.39 is 0 Å². The minimum Gasteiger partial charge on any atom is -0.423 e. The normalized spacial score (nSPS) is 15.4. The van der Waals surface area contributed by atoms with Crippen LogP contribution in [0.5, 0.6) is 0 Å². The van der Waals surface area contributed by atoms with Crippen LogP contribution in [0.4, 0.5) is 0 Å². The highest BCUT2D eigenvalue weighted by atomic mass is 32.2. The van der Waals surface area contributed by atoms with Crippen LogP contribution in [0, 0.1) is 0 Å². The van der Waals surface area contributed by atoms with Crippen LogP contribution < -0.4 is 11.2 Å². The molecule has 0 bridgehead atoms. The summed E-state index contributed by atoms with van der Waals surface area (Å²) in [5.74, 6) is 0.573. The van der Waals surface area contributed by atoms with Crippen molar-refractivity contribution in [3.8, 4) is 0 Å². The Labute approximate surface area is 193 Å². The summed E-state index contributed by atoms with van der Waals surface area (Å²) in [5, 5.41) is 2.55. The van der Waals surface area contributed by atoms with Gasteiger partial charge < -0.3 is 4.42 Å². The molecule has 3 aromatic heterocycles. The molecule has 0 fully saturated rings. The first-order valence-electron chi connectivity index (χ1n) is 11.4. The molecule has 2 aliphatic rings. The molecule has 3 heterocycles. The van der Waals surface area contributed by atoms with E-state index in [1.54, 1.807) is 22.0 Å². The molecule has 0 atom stereocenters. The van der Waals surface area contributed by atoms with Crippen LogP contribution in [0.3, 0.4) is 0 Å². The first-order valence-corrected chi connectivity index (χ1v) is 13.2. The highest BCUT2D eigenvalue weighted by molar-refractivity contribution is 7.98. The van der Waals surface area contributed by atoms with E-state index in [4.69, 9.17) is 9.40 Å². The molecule has 0 amide bonds. The third-order valence-corrected chi connectivity index (χ3v) is 8.97. The highest BCUT2D eigenvalue weighted by Gasteiger charge is 2.22. The second kappa shape index (κ2) is 7.89. The standard InChI is InChI=1S/C25H24N2O3S2/c1-2-27-24(29)22-17-8-3-4-9-20(17)32-23(22)26-25(27)31-13-16-12-21(28)30-19-11-15-7-5-6-14(15)10-18(16)19/h10-12H,2-9,13H2,1H3. The zero-order valence-corrected chi connectivity index (χ0v) is 19.7. The Morgan fingerprint density at radius 3 is 2.72 bits per heavy atom. The molecule has 7 heteroatoms. The highest BCUT2D eigenvalue weighted by Crippen LogP contribution is 2.36. The topological polar surface area (TPSA) is 65.1 Å². The second-order valence-corrected chi connectivity index (χ2v) is 10.7. The zero-order chi connectivity index (χ0) is 21.8. The smallest absolute Gasteiger partial charge is 0.336 e. The van der Waals surface area contributed by atoms with Crippen LogP contribution in [0.2, 0.25) is 0 Å². The van der Waals surface area contributed by atoms with E-state index in [0.717, 1.165) is 64.8 Å². The molecule has 5 nitrogen and oxygen atoms in total. The lowest BCUT2D eigenvalue weighted by atomic mass is 9.97. The summed E-state index contributed by atoms with van der Waals surface area (Å²) in [7, 11) is 0. The number of hydrogen-bond donors (Lipinski definition) is 0. The maximum Gasteiger partial charge on any atom is 0.336 e. The Morgan fingerprint density at radius 2 is 1.88 bits per heavy atom. The first-order chi connectivity index (χ1) is 15.6. The van der Waals surface area contributed by atoms with Crippen LogP contribution in [-0.2, 0) is 38.0 Å². The molecule has 0 spiro atoms. The largest absolute Gasteiger partial charge is 0.423 e. The van der Waals surface area contributed by atoms with Gasteiger partial charge >= 0.3 is 5.63 Å². The van der Waals surface area contributed by atoms with Crippen molar-refractivity contribution in [1.29, 1.82) is 0 Å². The van der Waals surface area contributed by atoms with Gasteiger partial charge in [0.2, 0.25) is 0 Å². The molecular weight excluding hydrogens is 440 g/mol. The predicted octanol–water partition coefficient (Wildman–Crippen LogP) is 5.24. The summed E-state index contributed by atoms with van der Waals surface area (Å²) < 4.78 is 7.31. The average molecular weight is 465 g/mol. The van der Waals surface area contributed by atoms with E-state index in [2.05, 4.69) is 6.07 Å². The fraction of sp³-hybridized carbons (Fsp3) is 0.400. The monoisotopic (exact) mass is 464 g/mol. The van der Waals surface area contributed by atoms with E-state index in [-0.39, 0.29) is 11.2 Å². The van der Waals surface area contributed by atoms with Crippen LogP contribution in [0.25, 0.3) is 21.2 Å². The Morgan fingerprint density at radius 1 is 1.06 bits per heavy atom. The average Bonchev–Trinajstić information content (AvgIpc) is 3.39. The van der Waals surface area contributed by atoms with Gasteiger partial charge in [0, 0.05) is 28.6 Å². The summed E-state index contributed by atoms with van der Waals surface area (Å²) >= 11 is 3.22. The lowest BCUT2D eigenvalue weighted by Gasteiger charge is -2.12. The minimum atomic E-state index is -0.326. The number of aryl methyl sites for hydroxylation is 4. The molecule has 6 rings (SSSR count). The van der Waals surface area contributed by atoms with Gasteiger partial charge in [0.15, 0.2) is 5.16 Å². The zero-order valence-electron chi connectivity index (χ0n) is 18.0. The Bertz CT molecular complexity index is 1500. The fourth-order valence-corrected chi connectivity index (χ4v) is 7.52. The van der Waals surface area contributed by atoms with Gasteiger partial charge in [-0.3, -0.25) is 9.36 Å². The molecule has 0 unspecified atom stereocenters. The maximum absolute atomic E-state index is 13.4. The Kier molecular flexibility index (Phi) is 4.99. The van der Waals surface area contributed by atoms with Crippen molar-refractivity contribution in [2.24, 2.45) is 0 Å². The van der Waals surface area contributed by atoms with Crippen LogP contribution >= 0.6 is 23.1 Å². The van der Waals surface area contributed by atoms with E-state index >= 15 is 0 Å². The second-order valence-electron chi connectivity index (χ2n) is 8.68. The van der Waals surface area contributed by atoms with Gasteiger partial charge in [-0.1, -0.05) is 11.8 Å². The fourth-order valence-electron chi connectivity index (χ4n) is 5.17. The Hall–Kier alpha value is -2.38. The van der Waals surface area contributed by atoms with Gasteiger partial charge in [-0.15, -0.1) is 11.3 Å². The predicted molar refractivity (Wildman–Crippen MR) is 130 cm³/mol. The third kappa shape index (κ3) is 3.25. The molecule has 0 N–H and O–H groups in total. The van der Waals surface area contributed by atoms with Crippen molar-refractivity contribution in [2.45, 2.75) is 69.3 Å². The van der Waals surface area contributed by atoms with E-state index in [1.807, 2.05) is 13.0 Å². The first kappa shape index (κ1) is 20.2. The van der Waals surface area contributed by atoms with Crippen molar-refractivity contribution in [1.82, 2.24) is 9.55 Å². The van der Waals surface area contributed by atoms with Crippen LogP contribution in [0.1, 0.15) is 53.3 Å². The molecule has 0 saturated carbocycles. The van der Waals surface area contributed by atoms with Crippen molar-refractivity contribution in [3.63, 3.8) is 0 Å². The SMILES string of the molecule is CCn1c(SCc2cc(=O)oc3cc4c(cc23)CCC4)nc2sc3c(c2c1=O)CCCC3. The number of fused-ring (bicyclic) bond motifs is 5. The minimum absolute atomic E-state index is 0.0784. The molecule has 32 heavy (non-hydrogen) atoms. The molecule has 164 valence electrons. The molecular formula is C25H24N2O3S2. The number of benzene rings is 1. The summed E-state index contributed by atoms with van der Waals surface area (Å²) in [6.45, 7) is 2.58. The number of aromatic nitrogens is 2. The number of rotatable bonds is 4. The molecule has 2 aliphatic carbocycles. The van der Waals surface area contributed by atoms with Crippen molar-refractivity contribution in [2.75, 3.05) is 0 Å². The van der Waals surface area contributed by atoms with E-state index in [9.17, 15) is 9.59 Å².